The summed E-state index contributed by atoms with van der Waals surface area (Å²) in [6, 6.07) is 10.2. The number of benzene rings is 2. The fraction of sp³-hybridized carbons (Fsp3) is 0.381. The molecular formula is C21H28N2O3S. The number of carbonyl (C=O) groups is 1. The maximum absolute atomic E-state index is 12.9. The van der Waals surface area contributed by atoms with Gasteiger partial charge in [0, 0.05) is 11.6 Å². The molecule has 2 aromatic carbocycles. The van der Waals surface area contributed by atoms with Crippen LogP contribution >= 0.6 is 0 Å². The lowest BCUT2D eigenvalue weighted by Crippen LogP contribution is -2.36. The van der Waals surface area contributed by atoms with Crippen LogP contribution in [0, 0.1) is 26.7 Å². The Balaban J connectivity index is 2.36. The van der Waals surface area contributed by atoms with Crippen molar-refractivity contribution in [1.82, 2.24) is 5.32 Å². The van der Waals surface area contributed by atoms with Gasteiger partial charge in [-0.1, -0.05) is 32.0 Å². The van der Waals surface area contributed by atoms with Gasteiger partial charge in [-0.05, 0) is 68.5 Å². The molecule has 2 rings (SSSR count). The average molecular weight is 389 g/mol. The average Bonchev–Trinajstić information content (AvgIpc) is 2.58. The molecule has 0 aliphatic heterocycles. The zero-order valence-corrected chi connectivity index (χ0v) is 17.6. The molecule has 0 saturated carbocycles. The molecule has 27 heavy (non-hydrogen) atoms. The van der Waals surface area contributed by atoms with E-state index in [2.05, 4.69) is 10.0 Å². The van der Waals surface area contributed by atoms with Gasteiger partial charge in [0.15, 0.2) is 0 Å². The normalized spacial score (nSPS) is 12.7. The van der Waals surface area contributed by atoms with Gasteiger partial charge in [0.25, 0.3) is 15.9 Å². The summed E-state index contributed by atoms with van der Waals surface area (Å²) < 4.78 is 28.5. The van der Waals surface area contributed by atoms with Gasteiger partial charge in [-0.2, -0.15) is 0 Å². The lowest BCUT2D eigenvalue weighted by molar-refractivity contribution is 0.0930. The molecule has 1 unspecified atom stereocenters. The zero-order chi connectivity index (χ0) is 20.4. The summed E-state index contributed by atoms with van der Waals surface area (Å²) in [5.41, 5.74) is 3.33. The standard InChI is InChI=1S/C21H28N2O3S/c1-13(2)17(6)22-21(24)18-11-10-15(4)20(12-18)27(25,26)23-19-9-7-8-14(3)16(19)5/h7-13,17,23H,1-6H3,(H,22,24). The van der Waals surface area contributed by atoms with Crippen LogP contribution in [0.1, 0.15) is 47.8 Å². The highest BCUT2D eigenvalue weighted by Gasteiger charge is 2.21. The monoisotopic (exact) mass is 388 g/mol. The molecule has 0 saturated heterocycles. The summed E-state index contributed by atoms with van der Waals surface area (Å²) in [5.74, 6) is 0.00736. The molecule has 0 aliphatic rings. The van der Waals surface area contributed by atoms with E-state index in [0.29, 0.717) is 16.8 Å². The molecule has 5 nitrogen and oxygen atoms in total. The van der Waals surface area contributed by atoms with E-state index >= 15 is 0 Å². The summed E-state index contributed by atoms with van der Waals surface area (Å²) in [7, 11) is -3.81. The molecule has 146 valence electrons. The van der Waals surface area contributed by atoms with Gasteiger partial charge >= 0.3 is 0 Å². The van der Waals surface area contributed by atoms with Crippen molar-refractivity contribution in [3.05, 3.63) is 58.7 Å². The summed E-state index contributed by atoms with van der Waals surface area (Å²) in [4.78, 5) is 12.6. The van der Waals surface area contributed by atoms with Crippen LogP contribution < -0.4 is 10.0 Å². The topological polar surface area (TPSA) is 75.3 Å². The number of hydrogen-bond acceptors (Lipinski definition) is 3. The van der Waals surface area contributed by atoms with E-state index in [4.69, 9.17) is 0 Å². The molecule has 0 fully saturated rings. The van der Waals surface area contributed by atoms with Crippen LogP contribution in [0.3, 0.4) is 0 Å². The van der Waals surface area contributed by atoms with Gasteiger partial charge in [-0.3, -0.25) is 9.52 Å². The first kappa shape index (κ1) is 21.0. The third-order valence-corrected chi connectivity index (χ3v) is 6.46. The fourth-order valence-corrected chi connectivity index (χ4v) is 3.94. The third kappa shape index (κ3) is 4.89. The quantitative estimate of drug-likeness (QED) is 0.779. The molecule has 2 aromatic rings. The van der Waals surface area contributed by atoms with Crippen molar-refractivity contribution < 1.29 is 13.2 Å². The maximum Gasteiger partial charge on any atom is 0.262 e. The summed E-state index contributed by atoms with van der Waals surface area (Å²) in [6.07, 6.45) is 0. The Morgan fingerprint density at radius 3 is 2.26 bits per heavy atom. The van der Waals surface area contributed by atoms with Gasteiger partial charge < -0.3 is 5.32 Å². The van der Waals surface area contributed by atoms with Crippen molar-refractivity contribution in [1.29, 1.82) is 0 Å². The number of hydrogen-bond donors (Lipinski definition) is 2. The SMILES string of the molecule is Cc1ccc(C(=O)NC(C)C(C)C)cc1S(=O)(=O)Nc1cccc(C)c1C. The molecule has 1 atom stereocenters. The minimum atomic E-state index is -3.81. The number of sulfonamides is 1. The smallest absolute Gasteiger partial charge is 0.262 e. The van der Waals surface area contributed by atoms with E-state index in [1.807, 2.05) is 46.8 Å². The first-order valence-electron chi connectivity index (χ1n) is 9.03. The van der Waals surface area contributed by atoms with Crippen molar-refractivity contribution in [2.45, 2.75) is 52.5 Å². The highest BCUT2D eigenvalue weighted by molar-refractivity contribution is 7.92. The van der Waals surface area contributed by atoms with Gasteiger partial charge in [0.05, 0.1) is 10.6 Å². The number of amides is 1. The molecule has 0 spiro atoms. The highest BCUT2D eigenvalue weighted by atomic mass is 32.2. The number of nitrogens with one attached hydrogen (secondary N) is 2. The molecule has 0 aromatic heterocycles. The van der Waals surface area contributed by atoms with Gasteiger partial charge in [0.1, 0.15) is 0 Å². The van der Waals surface area contributed by atoms with E-state index in [9.17, 15) is 13.2 Å². The second-order valence-electron chi connectivity index (χ2n) is 7.34. The van der Waals surface area contributed by atoms with E-state index in [1.54, 1.807) is 25.1 Å². The van der Waals surface area contributed by atoms with Crippen LogP contribution in [0.15, 0.2) is 41.3 Å². The summed E-state index contributed by atoms with van der Waals surface area (Å²) in [6.45, 7) is 11.5. The Hall–Kier alpha value is -2.34. The van der Waals surface area contributed by atoms with Crippen LogP contribution in [-0.4, -0.2) is 20.4 Å². The fourth-order valence-electron chi connectivity index (χ4n) is 2.55. The van der Waals surface area contributed by atoms with E-state index < -0.39 is 10.0 Å². The Kier molecular flexibility index (Phi) is 6.31. The minimum absolute atomic E-state index is 0.00747. The predicted octanol–water partition coefficient (Wildman–Crippen LogP) is 4.19. The zero-order valence-electron chi connectivity index (χ0n) is 16.8. The van der Waals surface area contributed by atoms with Crippen molar-refractivity contribution in [3.63, 3.8) is 0 Å². The van der Waals surface area contributed by atoms with Crippen LogP contribution in [0.2, 0.25) is 0 Å². The Morgan fingerprint density at radius 1 is 0.963 bits per heavy atom. The molecule has 1 amide bonds. The third-order valence-electron chi connectivity index (χ3n) is 4.95. The Bertz CT molecular complexity index is 950. The predicted molar refractivity (Wildman–Crippen MR) is 110 cm³/mol. The molecule has 6 heteroatoms. The summed E-state index contributed by atoms with van der Waals surface area (Å²) in [5, 5.41) is 2.91. The molecular weight excluding hydrogens is 360 g/mol. The van der Waals surface area contributed by atoms with E-state index in [-0.39, 0.29) is 22.8 Å². The highest BCUT2D eigenvalue weighted by Crippen LogP contribution is 2.24. The molecule has 0 aliphatic carbocycles. The van der Waals surface area contributed by atoms with Crippen molar-refractivity contribution in [3.8, 4) is 0 Å². The summed E-state index contributed by atoms with van der Waals surface area (Å²) >= 11 is 0. The number of anilines is 1. The van der Waals surface area contributed by atoms with Crippen molar-refractivity contribution in [2.24, 2.45) is 5.92 Å². The van der Waals surface area contributed by atoms with Gasteiger partial charge in [-0.15, -0.1) is 0 Å². The second-order valence-corrected chi connectivity index (χ2v) is 8.99. The van der Waals surface area contributed by atoms with Crippen LogP contribution in [-0.2, 0) is 10.0 Å². The van der Waals surface area contributed by atoms with E-state index in [1.165, 1.54) is 6.07 Å². The van der Waals surface area contributed by atoms with Crippen LogP contribution in [0.25, 0.3) is 0 Å². The number of aryl methyl sites for hydroxylation is 2. The van der Waals surface area contributed by atoms with Crippen molar-refractivity contribution >= 4 is 21.6 Å². The van der Waals surface area contributed by atoms with Crippen LogP contribution in [0.4, 0.5) is 5.69 Å². The first-order valence-corrected chi connectivity index (χ1v) is 10.5. The lowest BCUT2D eigenvalue weighted by Gasteiger charge is -2.18. The van der Waals surface area contributed by atoms with Gasteiger partial charge in [-0.25, -0.2) is 8.42 Å². The van der Waals surface area contributed by atoms with E-state index in [0.717, 1.165) is 11.1 Å². The minimum Gasteiger partial charge on any atom is -0.349 e. The maximum atomic E-state index is 12.9. The van der Waals surface area contributed by atoms with Gasteiger partial charge in [0.2, 0.25) is 0 Å². The Labute approximate surface area is 162 Å². The second kappa shape index (κ2) is 8.13. The lowest BCUT2D eigenvalue weighted by atomic mass is 10.1. The first-order chi connectivity index (χ1) is 12.5. The largest absolute Gasteiger partial charge is 0.349 e. The molecule has 0 radical (unpaired) electrons. The molecule has 0 heterocycles. The molecule has 2 N–H and O–H groups in total. The van der Waals surface area contributed by atoms with Crippen LogP contribution in [0.5, 0.6) is 0 Å². The Morgan fingerprint density at radius 2 is 1.63 bits per heavy atom. The molecule has 0 bridgehead atoms. The number of rotatable bonds is 6. The number of carbonyl (C=O) groups excluding carboxylic acids is 1. The van der Waals surface area contributed by atoms with Crippen molar-refractivity contribution in [2.75, 3.05) is 4.72 Å².